The van der Waals surface area contributed by atoms with Gasteiger partial charge in [-0.3, -0.25) is 9.62 Å². The van der Waals surface area contributed by atoms with Gasteiger partial charge in [0.2, 0.25) is 0 Å². The van der Waals surface area contributed by atoms with E-state index in [2.05, 4.69) is 4.72 Å². The van der Waals surface area contributed by atoms with Crippen LogP contribution in [-0.4, -0.2) is 42.2 Å². The maximum atomic E-state index is 12.1. The third-order valence-electron chi connectivity index (χ3n) is 5.01. The van der Waals surface area contributed by atoms with Crippen molar-refractivity contribution in [1.82, 2.24) is 4.90 Å². The van der Waals surface area contributed by atoms with E-state index in [1.165, 1.54) is 17.0 Å². The Hall–Kier alpha value is -2.51. The quantitative estimate of drug-likeness (QED) is 0.640. The van der Waals surface area contributed by atoms with Crippen LogP contribution in [0, 0.1) is 11.3 Å². The summed E-state index contributed by atoms with van der Waals surface area (Å²) in [6, 6.07) is 6.42. The van der Waals surface area contributed by atoms with Crippen LogP contribution in [0.25, 0.3) is 0 Å². The molecule has 10 heteroatoms. The standard InChI is InChI=1S/C19H28N4O5S/c1-18(2,3)23(17(24)25)19(10-5-4-6-11-19)13-28-16-9-7-8-15(14(16)12-20)22-29(21,26)27/h7-9,22H,4-6,10-11,13H2,1-3H3,(H,24,25)(H2,21,26,27). The topological polar surface area (TPSA) is 146 Å². The lowest BCUT2D eigenvalue weighted by molar-refractivity contribution is -0.0300. The molecule has 0 aromatic heterocycles. The summed E-state index contributed by atoms with van der Waals surface area (Å²) in [4.78, 5) is 13.6. The molecule has 2 rings (SSSR count). The SMILES string of the molecule is CC(C)(C)N(C(=O)O)C1(COc2cccc(NS(N)(=O)=O)c2C#N)CCCCC1. The molecule has 1 aromatic rings. The van der Waals surface area contributed by atoms with Crippen LogP contribution in [0.1, 0.15) is 58.4 Å². The van der Waals surface area contributed by atoms with E-state index in [0.29, 0.717) is 12.8 Å². The first-order chi connectivity index (χ1) is 13.4. The lowest BCUT2D eigenvalue weighted by Gasteiger charge is -2.50. The number of nitrogens with two attached hydrogens (primary N) is 1. The number of nitrogens with one attached hydrogen (secondary N) is 1. The van der Waals surface area contributed by atoms with Crippen LogP contribution >= 0.6 is 0 Å². The summed E-state index contributed by atoms with van der Waals surface area (Å²) < 4.78 is 30.8. The Morgan fingerprint density at radius 3 is 2.45 bits per heavy atom. The van der Waals surface area contributed by atoms with Gasteiger partial charge in [0.15, 0.2) is 0 Å². The Morgan fingerprint density at radius 2 is 1.97 bits per heavy atom. The van der Waals surface area contributed by atoms with Crippen LogP contribution < -0.4 is 14.6 Å². The zero-order chi connectivity index (χ0) is 21.9. The Kier molecular flexibility index (Phi) is 6.65. The second kappa shape index (κ2) is 8.47. The highest BCUT2D eigenvalue weighted by atomic mass is 32.2. The molecule has 0 heterocycles. The van der Waals surface area contributed by atoms with E-state index >= 15 is 0 Å². The van der Waals surface area contributed by atoms with E-state index in [9.17, 15) is 23.6 Å². The van der Waals surface area contributed by atoms with Crippen molar-refractivity contribution in [2.75, 3.05) is 11.3 Å². The smallest absolute Gasteiger partial charge is 0.408 e. The number of hydrogen-bond donors (Lipinski definition) is 3. The van der Waals surface area contributed by atoms with Gasteiger partial charge < -0.3 is 9.84 Å². The zero-order valence-electron chi connectivity index (χ0n) is 16.9. The number of amides is 1. The molecular weight excluding hydrogens is 396 g/mol. The van der Waals surface area contributed by atoms with Gasteiger partial charge in [0, 0.05) is 5.54 Å². The van der Waals surface area contributed by atoms with Crippen molar-refractivity contribution in [3.05, 3.63) is 23.8 Å². The number of ether oxygens (including phenoxy) is 1. The molecule has 29 heavy (non-hydrogen) atoms. The second-order valence-electron chi connectivity index (χ2n) is 8.30. The van der Waals surface area contributed by atoms with Crippen LogP contribution in [-0.2, 0) is 10.2 Å². The van der Waals surface area contributed by atoms with Crippen molar-refractivity contribution in [2.45, 2.75) is 64.0 Å². The summed E-state index contributed by atoms with van der Waals surface area (Å²) in [7, 11) is -4.06. The van der Waals surface area contributed by atoms with Gasteiger partial charge in [-0.05, 0) is 45.7 Å². The molecule has 0 bridgehead atoms. The molecule has 1 amide bonds. The van der Waals surface area contributed by atoms with Crippen molar-refractivity contribution in [3.63, 3.8) is 0 Å². The van der Waals surface area contributed by atoms with Gasteiger partial charge in [-0.1, -0.05) is 25.3 Å². The minimum absolute atomic E-state index is 0.00915. The van der Waals surface area contributed by atoms with Crippen LogP contribution in [0.15, 0.2) is 18.2 Å². The van der Waals surface area contributed by atoms with E-state index < -0.39 is 27.4 Å². The Balaban J connectivity index is 2.39. The number of carbonyl (C=O) groups is 1. The molecule has 160 valence electrons. The Labute approximate surface area is 171 Å². The first-order valence-electron chi connectivity index (χ1n) is 9.39. The molecule has 1 aliphatic carbocycles. The van der Waals surface area contributed by atoms with Crippen LogP contribution in [0.5, 0.6) is 5.75 Å². The highest BCUT2D eigenvalue weighted by Crippen LogP contribution is 2.39. The Morgan fingerprint density at radius 1 is 1.34 bits per heavy atom. The van der Waals surface area contributed by atoms with Gasteiger partial charge >= 0.3 is 6.09 Å². The van der Waals surface area contributed by atoms with Crippen molar-refractivity contribution < 1.29 is 23.1 Å². The molecule has 0 radical (unpaired) electrons. The van der Waals surface area contributed by atoms with Crippen molar-refractivity contribution in [3.8, 4) is 11.8 Å². The second-order valence-corrected chi connectivity index (χ2v) is 9.59. The van der Waals surface area contributed by atoms with E-state index in [1.807, 2.05) is 26.8 Å². The van der Waals surface area contributed by atoms with Crippen molar-refractivity contribution in [2.24, 2.45) is 5.14 Å². The summed E-state index contributed by atoms with van der Waals surface area (Å²) in [6.45, 7) is 5.59. The van der Waals surface area contributed by atoms with Gasteiger partial charge in [0.1, 0.15) is 24.0 Å². The first kappa shape index (κ1) is 22.8. The minimum Gasteiger partial charge on any atom is -0.490 e. The third-order valence-corrected chi connectivity index (χ3v) is 5.51. The predicted molar refractivity (Wildman–Crippen MR) is 109 cm³/mol. The lowest BCUT2D eigenvalue weighted by atomic mass is 9.78. The number of carboxylic acid groups (broad SMARTS) is 1. The fourth-order valence-corrected chi connectivity index (χ4v) is 4.54. The summed E-state index contributed by atoms with van der Waals surface area (Å²) in [5, 5.41) is 24.5. The van der Waals surface area contributed by atoms with Crippen molar-refractivity contribution in [1.29, 1.82) is 5.26 Å². The first-order valence-corrected chi connectivity index (χ1v) is 10.9. The van der Waals surface area contributed by atoms with Crippen LogP contribution in [0.2, 0.25) is 0 Å². The Bertz CT molecular complexity index is 896. The maximum absolute atomic E-state index is 12.1. The van der Waals surface area contributed by atoms with Crippen molar-refractivity contribution >= 4 is 22.0 Å². The summed E-state index contributed by atoms with van der Waals surface area (Å²) in [5.41, 5.74) is -1.37. The van der Waals surface area contributed by atoms with Gasteiger partial charge in [-0.25, -0.2) is 9.93 Å². The highest BCUT2D eigenvalue weighted by molar-refractivity contribution is 7.90. The number of nitriles is 1. The number of nitrogens with zero attached hydrogens (tertiary/aromatic N) is 2. The van der Waals surface area contributed by atoms with Crippen LogP contribution in [0.3, 0.4) is 0 Å². The molecule has 0 atom stereocenters. The summed E-state index contributed by atoms with van der Waals surface area (Å²) in [5.74, 6) is 0.172. The van der Waals surface area contributed by atoms with E-state index in [1.54, 1.807) is 6.07 Å². The van der Waals surface area contributed by atoms with E-state index in [0.717, 1.165) is 19.3 Å². The molecular formula is C19H28N4O5S. The lowest BCUT2D eigenvalue weighted by Crippen LogP contribution is -2.62. The maximum Gasteiger partial charge on any atom is 0.408 e. The molecule has 4 N–H and O–H groups in total. The van der Waals surface area contributed by atoms with Gasteiger partial charge in [-0.15, -0.1) is 0 Å². The number of benzene rings is 1. The molecule has 1 aliphatic rings. The fourth-order valence-electron chi connectivity index (χ4n) is 4.06. The summed E-state index contributed by atoms with van der Waals surface area (Å²) in [6.07, 6.45) is 3.05. The highest BCUT2D eigenvalue weighted by Gasteiger charge is 2.46. The molecule has 0 unspecified atom stereocenters. The summed E-state index contributed by atoms with van der Waals surface area (Å²) >= 11 is 0. The van der Waals surface area contributed by atoms with E-state index in [4.69, 9.17) is 9.88 Å². The zero-order valence-corrected chi connectivity index (χ0v) is 17.8. The molecule has 0 spiro atoms. The number of hydrogen-bond acceptors (Lipinski definition) is 5. The molecule has 9 nitrogen and oxygen atoms in total. The monoisotopic (exact) mass is 424 g/mol. The largest absolute Gasteiger partial charge is 0.490 e. The fraction of sp³-hybridized carbons (Fsp3) is 0.579. The average molecular weight is 425 g/mol. The molecule has 0 aliphatic heterocycles. The van der Waals surface area contributed by atoms with Gasteiger partial charge in [0.05, 0.1) is 11.2 Å². The third kappa shape index (κ3) is 5.52. The average Bonchev–Trinajstić information content (AvgIpc) is 2.58. The minimum atomic E-state index is -4.06. The van der Waals surface area contributed by atoms with Crippen LogP contribution in [0.4, 0.5) is 10.5 Å². The van der Waals surface area contributed by atoms with Gasteiger partial charge in [-0.2, -0.15) is 13.7 Å². The molecule has 1 aromatic carbocycles. The number of rotatable bonds is 6. The molecule has 0 saturated heterocycles. The molecule has 1 fully saturated rings. The van der Waals surface area contributed by atoms with Gasteiger partial charge in [0.25, 0.3) is 10.2 Å². The molecule has 1 saturated carbocycles. The van der Waals surface area contributed by atoms with E-state index in [-0.39, 0.29) is 23.6 Å². The predicted octanol–water partition coefficient (Wildman–Crippen LogP) is 3.03. The normalized spacial score (nSPS) is 16.5. The number of anilines is 1.